The molecule has 2 heterocycles. The standard InChI is InChI=1S/C21H27N3O4/c1-3-23(4-2)19(25)14-24-13-17(16-9-5-6-10-18(16)24)20(26)21(27)22-12-15-8-7-11-28-15/h5-6,9-10,13,15H,3-4,7-8,11-12,14H2,1-2H3,(H,22,27)/t15-/m1/s1. The van der Waals surface area contributed by atoms with Crippen molar-refractivity contribution in [3.8, 4) is 0 Å². The van der Waals surface area contributed by atoms with Crippen LogP contribution in [0.2, 0.25) is 0 Å². The fourth-order valence-electron chi connectivity index (χ4n) is 3.60. The summed E-state index contributed by atoms with van der Waals surface area (Å²) in [7, 11) is 0. The highest BCUT2D eigenvalue weighted by atomic mass is 16.5. The first-order chi connectivity index (χ1) is 13.5. The molecule has 0 radical (unpaired) electrons. The number of para-hydroxylation sites is 1. The Morgan fingerprint density at radius 1 is 1.21 bits per heavy atom. The number of fused-ring (bicyclic) bond motifs is 1. The molecular formula is C21H27N3O4. The minimum absolute atomic E-state index is 0.0208. The number of benzene rings is 1. The third kappa shape index (κ3) is 4.25. The molecule has 1 N–H and O–H groups in total. The van der Waals surface area contributed by atoms with E-state index in [0.717, 1.165) is 18.4 Å². The van der Waals surface area contributed by atoms with E-state index in [9.17, 15) is 14.4 Å². The van der Waals surface area contributed by atoms with Gasteiger partial charge in [0.15, 0.2) is 0 Å². The summed E-state index contributed by atoms with van der Waals surface area (Å²) in [5.74, 6) is -1.26. The number of hydrogen-bond donors (Lipinski definition) is 1. The van der Waals surface area contributed by atoms with Gasteiger partial charge in [-0.05, 0) is 32.8 Å². The van der Waals surface area contributed by atoms with Crippen LogP contribution >= 0.6 is 0 Å². The Bertz CT molecular complexity index is 864. The Kier molecular flexibility index (Phi) is 6.46. The maximum Gasteiger partial charge on any atom is 0.292 e. The highest BCUT2D eigenvalue weighted by molar-refractivity contribution is 6.45. The van der Waals surface area contributed by atoms with Crippen LogP contribution in [-0.2, 0) is 20.9 Å². The molecule has 1 aliphatic rings. The summed E-state index contributed by atoms with van der Waals surface area (Å²) in [6, 6.07) is 7.33. The molecule has 0 unspecified atom stereocenters. The molecule has 1 aliphatic heterocycles. The van der Waals surface area contributed by atoms with Crippen molar-refractivity contribution < 1.29 is 19.1 Å². The van der Waals surface area contributed by atoms with Crippen molar-refractivity contribution in [2.45, 2.75) is 39.3 Å². The van der Waals surface area contributed by atoms with Crippen molar-refractivity contribution in [1.82, 2.24) is 14.8 Å². The first kappa shape index (κ1) is 20.1. The van der Waals surface area contributed by atoms with Crippen LogP contribution in [0.5, 0.6) is 0 Å². The number of rotatable bonds is 8. The van der Waals surface area contributed by atoms with E-state index in [0.29, 0.717) is 37.2 Å². The van der Waals surface area contributed by atoms with Gasteiger partial charge in [-0.15, -0.1) is 0 Å². The van der Waals surface area contributed by atoms with Crippen molar-refractivity contribution in [3.05, 3.63) is 36.0 Å². The third-order valence-corrected chi connectivity index (χ3v) is 5.18. The van der Waals surface area contributed by atoms with E-state index in [1.54, 1.807) is 21.7 Å². The van der Waals surface area contributed by atoms with Crippen molar-refractivity contribution in [2.75, 3.05) is 26.2 Å². The number of ketones is 1. The predicted octanol–water partition coefficient (Wildman–Crippen LogP) is 1.99. The van der Waals surface area contributed by atoms with Gasteiger partial charge >= 0.3 is 0 Å². The average molecular weight is 385 g/mol. The van der Waals surface area contributed by atoms with Crippen molar-refractivity contribution >= 4 is 28.5 Å². The number of hydrogen-bond acceptors (Lipinski definition) is 4. The number of Topliss-reactive ketones (excluding diaryl/α,β-unsaturated/α-hetero) is 1. The zero-order valence-corrected chi connectivity index (χ0v) is 16.4. The van der Waals surface area contributed by atoms with Crippen LogP contribution < -0.4 is 5.32 Å². The molecule has 1 fully saturated rings. The van der Waals surface area contributed by atoms with Gasteiger partial charge in [0.2, 0.25) is 5.91 Å². The van der Waals surface area contributed by atoms with Crippen LogP contribution in [0.4, 0.5) is 0 Å². The minimum Gasteiger partial charge on any atom is -0.376 e. The molecule has 2 amide bonds. The van der Waals surface area contributed by atoms with E-state index in [1.165, 1.54) is 0 Å². The second-order valence-corrected chi connectivity index (χ2v) is 6.93. The van der Waals surface area contributed by atoms with E-state index in [-0.39, 0.29) is 18.6 Å². The number of carbonyl (C=O) groups is 3. The van der Waals surface area contributed by atoms with Crippen molar-refractivity contribution in [1.29, 1.82) is 0 Å². The Labute approximate surface area is 164 Å². The Hall–Kier alpha value is -2.67. The highest BCUT2D eigenvalue weighted by Crippen LogP contribution is 2.22. The van der Waals surface area contributed by atoms with Gasteiger partial charge in [-0.2, -0.15) is 0 Å². The monoisotopic (exact) mass is 385 g/mol. The summed E-state index contributed by atoms with van der Waals surface area (Å²) < 4.78 is 7.22. The number of amides is 2. The molecule has 3 rings (SSSR count). The van der Waals surface area contributed by atoms with Crippen LogP contribution in [0.25, 0.3) is 10.9 Å². The highest BCUT2D eigenvalue weighted by Gasteiger charge is 2.24. The smallest absolute Gasteiger partial charge is 0.292 e. The van der Waals surface area contributed by atoms with E-state index < -0.39 is 11.7 Å². The van der Waals surface area contributed by atoms with Crippen LogP contribution in [0, 0.1) is 0 Å². The van der Waals surface area contributed by atoms with Gasteiger partial charge in [0.1, 0.15) is 6.54 Å². The number of likely N-dealkylation sites (N-methyl/N-ethyl adjacent to an activating group) is 1. The maximum atomic E-state index is 12.7. The first-order valence-corrected chi connectivity index (χ1v) is 9.84. The van der Waals surface area contributed by atoms with Crippen LogP contribution in [0.3, 0.4) is 0 Å². The van der Waals surface area contributed by atoms with Crippen LogP contribution in [-0.4, -0.2) is 59.4 Å². The van der Waals surface area contributed by atoms with Gasteiger partial charge in [-0.3, -0.25) is 14.4 Å². The molecule has 1 aromatic carbocycles. The molecule has 1 saturated heterocycles. The van der Waals surface area contributed by atoms with Crippen molar-refractivity contribution in [3.63, 3.8) is 0 Å². The largest absolute Gasteiger partial charge is 0.376 e. The van der Waals surface area contributed by atoms with E-state index in [2.05, 4.69) is 5.32 Å². The molecule has 0 spiro atoms. The first-order valence-electron chi connectivity index (χ1n) is 9.84. The van der Waals surface area contributed by atoms with Crippen LogP contribution in [0.1, 0.15) is 37.0 Å². The molecule has 1 aromatic heterocycles. The lowest BCUT2D eigenvalue weighted by molar-refractivity contribution is -0.131. The lowest BCUT2D eigenvalue weighted by atomic mass is 10.1. The fraction of sp³-hybridized carbons (Fsp3) is 0.476. The SMILES string of the molecule is CCN(CC)C(=O)Cn1cc(C(=O)C(=O)NC[C@H]2CCCO2)c2ccccc21. The Balaban J connectivity index is 1.79. The molecule has 2 aromatic rings. The molecule has 28 heavy (non-hydrogen) atoms. The normalized spacial score (nSPS) is 16.3. The maximum absolute atomic E-state index is 12.7. The molecule has 7 heteroatoms. The van der Waals surface area contributed by atoms with Crippen molar-refractivity contribution in [2.24, 2.45) is 0 Å². The minimum atomic E-state index is -0.645. The Morgan fingerprint density at radius 3 is 2.64 bits per heavy atom. The molecule has 1 atom stereocenters. The quantitative estimate of drug-likeness (QED) is 0.557. The molecule has 0 saturated carbocycles. The second kappa shape index (κ2) is 9.01. The van der Waals surface area contributed by atoms with Crippen LogP contribution in [0.15, 0.2) is 30.5 Å². The predicted molar refractivity (Wildman–Crippen MR) is 106 cm³/mol. The molecule has 150 valence electrons. The van der Waals surface area contributed by atoms with Gasteiger partial charge in [0.25, 0.3) is 11.7 Å². The number of nitrogens with one attached hydrogen (secondary N) is 1. The number of aromatic nitrogens is 1. The lowest BCUT2D eigenvalue weighted by Crippen LogP contribution is -2.36. The zero-order valence-electron chi connectivity index (χ0n) is 16.4. The fourth-order valence-corrected chi connectivity index (χ4v) is 3.60. The summed E-state index contributed by atoms with van der Waals surface area (Å²) in [5.41, 5.74) is 1.08. The molecule has 0 bridgehead atoms. The van der Waals surface area contributed by atoms with Gasteiger partial charge in [-0.25, -0.2) is 0 Å². The molecule has 0 aliphatic carbocycles. The topological polar surface area (TPSA) is 80.6 Å². The summed E-state index contributed by atoms with van der Waals surface area (Å²) in [5, 5.41) is 3.35. The third-order valence-electron chi connectivity index (χ3n) is 5.18. The molecule has 7 nitrogen and oxygen atoms in total. The summed E-state index contributed by atoms with van der Waals surface area (Å²) in [6.45, 7) is 6.29. The Morgan fingerprint density at radius 2 is 1.96 bits per heavy atom. The second-order valence-electron chi connectivity index (χ2n) is 6.93. The average Bonchev–Trinajstić information content (AvgIpc) is 3.35. The van der Waals surface area contributed by atoms with E-state index >= 15 is 0 Å². The summed E-state index contributed by atoms with van der Waals surface area (Å²) >= 11 is 0. The zero-order chi connectivity index (χ0) is 20.1. The van der Waals surface area contributed by atoms with E-state index in [1.807, 2.05) is 32.0 Å². The number of nitrogens with zero attached hydrogens (tertiary/aromatic N) is 2. The summed E-state index contributed by atoms with van der Waals surface area (Å²) in [6.07, 6.45) is 3.45. The van der Waals surface area contributed by atoms with Gasteiger partial charge < -0.3 is 19.5 Å². The lowest BCUT2D eigenvalue weighted by Gasteiger charge is -2.19. The summed E-state index contributed by atoms with van der Waals surface area (Å²) in [4.78, 5) is 39.4. The van der Waals surface area contributed by atoms with Gasteiger partial charge in [-0.1, -0.05) is 18.2 Å². The molecular weight excluding hydrogens is 358 g/mol. The number of carbonyl (C=O) groups excluding carboxylic acids is 3. The van der Waals surface area contributed by atoms with Gasteiger partial charge in [0, 0.05) is 43.3 Å². The number of ether oxygens (including phenoxy) is 1. The van der Waals surface area contributed by atoms with Gasteiger partial charge in [0.05, 0.1) is 11.7 Å². The van der Waals surface area contributed by atoms with E-state index in [4.69, 9.17) is 4.74 Å².